The molecule has 0 atom stereocenters. The molecule has 105 valence electrons. The van der Waals surface area contributed by atoms with E-state index < -0.39 is 0 Å². The summed E-state index contributed by atoms with van der Waals surface area (Å²) in [5.41, 5.74) is 4.09. The lowest BCUT2D eigenvalue weighted by Crippen LogP contribution is -1.98. The van der Waals surface area contributed by atoms with E-state index in [1.165, 1.54) is 54.7 Å². The highest BCUT2D eigenvalue weighted by Gasteiger charge is 2.11. The molecular formula is C20H25. The fraction of sp³-hybridized carbons (Fsp3) is 0.350. The van der Waals surface area contributed by atoms with Gasteiger partial charge < -0.3 is 0 Å². The van der Waals surface area contributed by atoms with E-state index >= 15 is 0 Å². The molecular weight excluding hydrogens is 240 g/mol. The normalized spacial score (nSPS) is 10.9. The van der Waals surface area contributed by atoms with Gasteiger partial charge in [-0.1, -0.05) is 94.1 Å². The Bertz CT molecular complexity index is 498. The van der Waals surface area contributed by atoms with Crippen LogP contribution in [-0.4, -0.2) is 0 Å². The Kier molecular flexibility index (Phi) is 5.86. The largest absolute Gasteiger partial charge is 0.0654 e. The van der Waals surface area contributed by atoms with Crippen LogP contribution < -0.4 is 0 Å². The molecule has 0 aliphatic heterocycles. The van der Waals surface area contributed by atoms with Crippen LogP contribution in [0.2, 0.25) is 0 Å². The Balaban J connectivity index is 2.11. The van der Waals surface area contributed by atoms with Crippen LogP contribution in [0.5, 0.6) is 0 Å². The molecule has 0 heterocycles. The van der Waals surface area contributed by atoms with Gasteiger partial charge in [0.1, 0.15) is 0 Å². The molecule has 2 aromatic rings. The number of hydrogen-bond acceptors (Lipinski definition) is 0. The maximum atomic E-state index is 2.29. The molecule has 1 radical (unpaired) electrons. The van der Waals surface area contributed by atoms with Crippen LogP contribution in [0.3, 0.4) is 0 Å². The van der Waals surface area contributed by atoms with Gasteiger partial charge in [0.05, 0.1) is 0 Å². The van der Waals surface area contributed by atoms with Crippen LogP contribution in [0.1, 0.15) is 51.5 Å². The quantitative estimate of drug-likeness (QED) is 0.518. The predicted molar refractivity (Wildman–Crippen MR) is 88.7 cm³/mol. The minimum atomic E-state index is 1.21. The third-order valence-corrected chi connectivity index (χ3v) is 3.88. The first-order chi connectivity index (χ1) is 9.83. The maximum absolute atomic E-state index is 2.29. The maximum Gasteiger partial charge on any atom is 0.00252 e. The van der Waals surface area contributed by atoms with Crippen molar-refractivity contribution in [3.8, 4) is 11.1 Å². The number of hydrogen-bond donors (Lipinski definition) is 0. The Hall–Kier alpha value is -1.56. The lowest BCUT2D eigenvalue weighted by molar-refractivity contribution is 0.646. The first kappa shape index (κ1) is 14.8. The summed E-state index contributed by atoms with van der Waals surface area (Å²) in [5, 5.41) is 0. The van der Waals surface area contributed by atoms with Crippen molar-refractivity contribution >= 4 is 0 Å². The van der Waals surface area contributed by atoms with Crippen LogP contribution in [0.4, 0.5) is 0 Å². The van der Waals surface area contributed by atoms with Gasteiger partial charge in [0.15, 0.2) is 0 Å². The molecule has 0 bridgehead atoms. The number of unbranched alkanes of at least 4 members (excludes halogenated alkanes) is 3. The molecule has 0 saturated carbocycles. The molecule has 0 unspecified atom stereocenters. The van der Waals surface area contributed by atoms with Crippen LogP contribution >= 0.6 is 0 Å². The minimum Gasteiger partial charge on any atom is -0.0654 e. The summed E-state index contributed by atoms with van der Waals surface area (Å²) in [6, 6.07) is 19.5. The monoisotopic (exact) mass is 265 g/mol. The molecule has 20 heavy (non-hydrogen) atoms. The molecule has 0 aromatic heterocycles. The Labute approximate surface area is 123 Å². The zero-order valence-corrected chi connectivity index (χ0v) is 12.7. The van der Waals surface area contributed by atoms with Crippen LogP contribution in [-0.2, 0) is 0 Å². The van der Waals surface area contributed by atoms with Crippen molar-refractivity contribution < 1.29 is 0 Å². The molecule has 0 N–H and O–H groups in total. The average Bonchev–Trinajstić information content (AvgIpc) is 2.52. The summed E-state index contributed by atoms with van der Waals surface area (Å²) in [6.07, 6.45) is 6.53. The molecule has 0 aliphatic rings. The predicted octanol–water partition coefficient (Wildman–Crippen LogP) is 6.27. The van der Waals surface area contributed by atoms with Crippen LogP contribution in [0, 0.1) is 5.92 Å². The van der Waals surface area contributed by atoms with E-state index in [9.17, 15) is 0 Å². The zero-order valence-electron chi connectivity index (χ0n) is 12.7. The summed E-state index contributed by atoms with van der Waals surface area (Å²) in [4.78, 5) is 0. The van der Waals surface area contributed by atoms with Gasteiger partial charge in [-0.25, -0.2) is 0 Å². The van der Waals surface area contributed by atoms with E-state index in [0.717, 1.165) is 0 Å². The van der Waals surface area contributed by atoms with Crippen molar-refractivity contribution in [2.75, 3.05) is 0 Å². The molecule has 0 heteroatoms. The topological polar surface area (TPSA) is 0 Å². The van der Waals surface area contributed by atoms with Gasteiger partial charge in [-0.3, -0.25) is 0 Å². The Morgan fingerprint density at radius 1 is 0.800 bits per heavy atom. The van der Waals surface area contributed by atoms with Crippen LogP contribution in [0.15, 0.2) is 54.6 Å². The summed E-state index contributed by atoms with van der Waals surface area (Å²) in [6.45, 7) is 4.55. The van der Waals surface area contributed by atoms with E-state index in [0.29, 0.717) is 0 Å². The van der Waals surface area contributed by atoms with Crippen molar-refractivity contribution in [1.82, 2.24) is 0 Å². The Morgan fingerprint density at radius 2 is 1.50 bits per heavy atom. The summed E-state index contributed by atoms with van der Waals surface area (Å²) in [5.74, 6) is 1.51. The third kappa shape index (κ3) is 3.96. The van der Waals surface area contributed by atoms with Gasteiger partial charge in [0.2, 0.25) is 0 Å². The second-order valence-electron chi connectivity index (χ2n) is 5.50. The van der Waals surface area contributed by atoms with Crippen molar-refractivity contribution in [1.29, 1.82) is 0 Å². The van der Waals surface area contributed by atoms with E-state index in [1.54, 1.807) is 0 Å². The van der Waals surface area contributed by atoms with Gasteiger partial charge in [0.25, 0.3) is 0 Å². The van der Waals surface area contributed by atoms with Crippen molar-refractivity contribution in [2.24, 2.45) is 0 Å². The second kappa shape index (κ2) is 7.89. The summed E-state index contributed by atoms with van der Waals surface area (Å²) < 4.78 is 0. The van der Waals surface area contributed by atoms with E-state index in [1.807, 2.05) is 0 Å². The highest BCUT2D eigenvalue weighted by molar-refractivity contribution is 5.69. The van der Waals surface area contributed by atoms with E-state index in [4.69, 9.17) is 0 Å². The smallest absolute Gasteiger partial charge is 0.00252 e. The molecule has 2 aromatic carbocycles. The fourth-order valence-corrected chi connectivity index (χ4v) is 2.68. The van der Waals surface area contributed by atoms with Crippen molar-refractivity contribution in [3.63, 3.8) is 0 Å². The molecule has 0 fully saturated rings. The average molecular weight is 265 g/mol. The van der Waals surface area contributed by atoms with Gasteiger partial charge in [-0.15, -0.1) is 0 Å². The Morgan fingerprint density at radius 3 is 2.25 bits per heavy atom. The molecule has 0 saturated heterocycles. The van der Waals surface area contributed by atoms with Crippen molar-refractivity contribution in [3.05, 3.63) is 66.1 Å². The van der Waals surface area contributed by atoms with Gasteiger partial charge in [-0.05, 0) is 23.1 Å². The molecule has 0 amide bonds. The van der Waals surface area contributed by atoms with Gasteiger partial charge >= 0.3 is 0 Å². The minimum absolute atomic E-state index is 1.21. The van der Waals surface area contributed by atoms with E-state index in [2.05, 4.69) is 68.4 Å². The highest BCUT2D eigenvalue weighted by Crippen LogP contribution is 2.31. The zero-order chi connectivity index (χ0) is 14.2. The van der Waals surface area contributed by atoms with Crippen LogP contribution in [0.25, 0.3) is 11.1 Å². The first-order valence-electron chi connectivity index (χ1n) is 7.80. The van der Waals surface area contributed by atoms with E-state index in [-0.39, 0.29) is 0 Å². The highest BCUT2D eigenvalue weighted by atomic mass is 14.2. The fourth-order valence-electron chi connectivity index (χ4n) is 2.68. The number of rotatable bonds is 7. The lowest BCUT2D eigenvalue weighted by Gasteiger charge is -2.16. The summed E-state index contributed by atoms with van der Waals surface area (Å²) >= 11 is 0. The number of benzene rings is 2. The lowest BCUT2D eigenvalue weighted by atomic mass is 9.88. The van der Waals surface area contributed by atoms with Crippen molar-refractivity contribution in [2.45, 2.75) is 46.0 Å². The first-order valence-corrected chi connectivity index (χ1v) is 7.80. The van der Waals surface area contributed by atoms with Gasteiger partial charge in [-0.2, -0.15) is 0 Å². The molecule has 0 nitrogen and oxygen atoms in total. The molecule has 0 aliphatic carbocycles. The summed E-state index contributed by atoms with van der Waals surface area (Å²) in [7, 11) is 0. The SMILES string of the molecule is CCCCCC[C](C)c1ccccc1-c1ccccc1. The molecule has 0 spiro atoms. The van der Waals surface area contributed by atoms with Gasteiger partial charge in [0, 0.05) is 5.92 Å². The third-order valence-electron chi connectivity index (χ3n) is 3.88. The molecule has 2 rings (SSSR count). The second-order valence-corrected chi connectivity index (χ2v) is 5.50. The standard InChI is InChI=1S/C20H25/c1-3-4-5-7-12-17(2)19-15-10-11-16-20(19)18-13-8-6-9-14-18/h6,8-11,13-16H,3-5,7,12H2,1-2H3.